The summed E-state index contributed by atoms with van der Waals surface area (Å²) >= 11 is 0. The van der Waals surface area contributed by atoms with Gasteiger partial charge in [0.2, 0.25) is 5.91 Å². The van der Waals surface area contributed by atoms with Crippen molar-refractivity contribution in [2.45, 2.75) is 64.6 Å². The van der Waals surface area contributed by atoms with E-state index >= 15 is 0 Å². The summed E-state index contributed by atoms with van der Waals surface area (Å²) < 4.78 is 0. The van der Waals surface area contributed by atoms with Gasteiger partial charge in [0.05, 0.1) is 23.2 Å². The Hall–Kier alpha value is -5.00. The molecule has 3 atom stereocenters. The lowest BCUT2D eigenvalue weighted by Crippen LogP contribution is -2.49. The number of nitrogens with one attached hydrogen (secondary N) is 2. The largest absolute Gasteiger partial charge is 0.390 e. The molecule has 224 valence electrons. The van der Waals surface area contributed by atoms with Crippen LogP contribution in [0.15, 0.2) is 90.3 Å². The van der Waals surface area contributed by atoms with E-state index in [9.17, 15) is 14.7 Å². The fourth-order valence-electron chi connectivity index (χ4n) is 5.68. The zero-order valence-corrected chi connectivity index (χ0v) is 25.6. The standard InChI is InChI=1S/C36H37N5O3/c1-7-8-11-28-22(2)19-31(42)32(28)40-34(43)33(25-10-9-18-37-21-25)41(27-15-13-26(14-16-27)36(4,5)6)35(44)24-12-17-29-30(20-24)39-23(3)38-29/h1,8-18,20-21,31-33,42H,19H2,2-6H3,(H,38,39)(H,40,43)/b11-8-/t31-,32+,33?/m1/s1. The van der Waals surface area contributed by atoms with Crippen LogP contribution in [0.2, 0.25) is 0 Å². The molecule has 2 aromatic carbocycles. The van der Waals surface area contributed by atoms with Gasteiger partial charge in [-0.2, -0.15) is 0 Å². The minimum atomic E-state index is -1.11. The van der Waals surface area contributed by atoms with E-state index in [2.05, 4.69) is 47.0 Å². The number of amides is 2. The molecule has 2 heterocycles. The van der Waals surface area contributed by atoms with Crippen molar-refractivity contribution in [3.8, 4) is 12.3 Å². The van der Waals surface area contributed by atoms with Crippen LogP contribution in [0.25, 0.3) is 11.0 Å². The number of H-pyrrole nitrogens is 1. The van der Waals surface area contributed by atoms with Crippen LogP contribution in [-0.2, 0) is 10.2 Å². The van der Waals surface area contributed by atoms with Gasteiger partial charge in [-0.05, 0) is 85.4 Å². The van der Waals surface area contributed by atoms with E-state index in [1.165, 1.54) is 4.90 Å². The summed E-state index contributed by atoms with van der Waals surface area (Å²) in [5, 5.41) is 14.0. The van der Waals surface area contributed by atoms with Gasteiger partial charge >= 0.3 is 0 Å². The fourth-order valence-corrected chi connectivity index (χ4v) is 5.68. The predicted molar refractivity (Wildman–Crippen MR) is 173 cm³/mol. The zero-order valence-electron chi connectivity index (χ0n) is 25.6. The van der Waals surface area contributed by atoms with E-state index in [1.807, 2.05) is 38.1 Å². The molecule has 5 rings (SSSR count). The fraction of sp³-hybridized carbons (Fsp3) is 0.278. The summed E-state index contributed by atoms with van der Waals surface area (Å²) in [6, 6.07) is 14.6. The van der Waals surface area contributed by atoms with Gasteiger partial charge in [-0.15, -0.1) is 6.42 Å². The predicted octanol–water partition coefficient (Wildman–Crippen LogP) is 5.71. The molecule has 3 N–H and O–H groups in total. The molecule has 4 aromatic rings. The van der Waals surface area contributed by atoms with Gasteiger partial charge in [-0.3, -0.25) is 19.5 Å². The molecule has 0 bridgehead atoms. The average Bonchev–Trinajstić information content (AvgIpc) is 3.50. The molecule has 0 fully saturated rings. The van der Waals surface area contributed by atoms with Crippen LogP contribution < -0.4 is 10.2 Å². The lowest BCUT2D eigenvalue weighted by atomic mass is 9.87. The Kier molecular flexibility index (Phi) is 8.52. The van der Waals surface area contributed by atoms with Gasteiger partial charge < -0.3 is 15.4 Å². The molecular weight excluding hydrogens is 550 g/mol. The highest BCUT2D eigenvalue weighted by atomic mass is 16.3. The van der Waals surface area contributed by atoms with Crippen molar-refractivity contribution < 1.29 is 14.7 Å². The Morgan fingerprint density at radius 2 is 1.91 bits per heavy atom. The normalized spacial score (nSPS) is 17.6. The third-order valence-corrected chi connectivity index (χ3v) is 7.97. The molecule has 2 amide bonds. The lowest BCUT2D eigenvalue weighted by molar-refractivity contribution is -0.123. The number of carbonyl (C=O) groups excluding carboxylic acids is 2. The van der Waals surface area contributed by atoms with Gasteiger partial charge in [0.15, 0.2) is 0 Å². The summed E-state index contributed by atoms with van der Waals surface area (Å²) in [7, 11) is 0. The van der Waals surface area contributed by atoms with Crippen molar-refractivity contribution in [1.82, 2.24) is 20.3 Å². The molecular formula is C36H37N5O3. The topological polar surface area (TPSA) is 111 Å². The Bertz CT molecular complexity index is 1790. The Balaban J connectivity index is 1.63. The molecule has 2 aromatic heterocycles. The van der Waals surface area contributed by atoms with E-state index in [1.54, 1.807) is 54.9 Å². The number of rotatable bonds is 7. The van der Waals surface area contributed by atoms with E-state index in [0.717, 1.165) is 33.6 Å². The number of hydrogen-bond acceptors (Lipinski definition) is 5. The van der Waals surface area contributed by atoms with Crippen molar-refractivity contribution in [2.75, 3.05) is 4.90 Å². The Labute approximate surface area is 257 Å². The minimum Gasteiger partial charge on any atom is -0.390 e. The number of benzene rings is 2. The van der Waals surface area contributed by atoms with Gasteiger partial charge in [0.1, 0.15) is 11.9 Å². The molecule has 8 heteroatoms. The number of aliphatic hydroxyl groups excluding tert-OH is 1. The summed E-state index contributed by atoms with van der Waals surface area (Å²) in [4.78, 5) is 42.4. The molecule has 1 unspecified atom stereocenters. The van der Waals surface area contributed by atoms with Crippen molar-refractivity contribution in [2.24, 2.45) is 0 Å². The number of hydrogen-bond donors (Lipinski definition) is 3. The number of terminal acetylenes is 1. The first-order chi connectivity index (χ1) is 21.0. The number of aromatic nitrogens is 3. The number of nitrogens with zero attached hydrogens (tertiary/aromatic N) is 3. The molecule has 1 aliphatic carbocycles. The number of aryl methyl sites for hydroxylation is 1. The van der Waals surface area contributed by atoms with E-state index in [-0.39, 0.29) is 11.3 Å². The molecule has 1 aliphatic rings. The number of imidazole rings is 1. The number of carbonyl (C=O) groups is 2. The maximum Gasteiger partial charge on any atom is 0.259 e. The van der Waals surface area contributed by atoms with Crippen LogP contribution in [0.1, 0.15) is 67.5 Å². The minimum absolute atomic E-state index is 0.109. The lowest BCUT2D eigenvalue weighted by Gasteiger charge is -2.33. The maximum absolute atomic E-state index is 14.6. The van der Waals surface area contributed by atoms with Crippen LogP contribution >= 0.6 is 0 Å². The van der Waals surface area contributed by atoms with Crippen molar-refractivity contribution in [3.63, 3.8) is 0 Å². The smallest absolute Gasteiger partial charge is 0.259 e. The third kappa shape index (κ3) is 6.19. The van der Waals surface area contributed by atoms with Crippen molar-refractivity contribution >= 4 is 28.5 Å². The maximum atomic E-state index is 14.6. The van der Waals surface area contributed by atoms with Crippen LogP contribution in [0.4, 0.5) is 5.69 Å². The second-order valence-corrected chi connectivity index (χ2v) is 12.2. The first-order valence-electron chi connectivity index (χ1n) is 14.6. The van der Waals surface area contributed by atoms with Crippen molar-refractivity contribution in [3.05, 3.63) is 113 Å². The van der Waals surface area contributed by atoms with E-state index in [0.29, 0.717) is 23.2 Å². The Morgan fingerprint density at radius 3 is 2.57 bits per heavy atom. The van der Waals surface area contributed by atoms with Crippen LogP contribution in [0, 0.1) is 19.3 Å². The summed E-state index contributed by atoms with van der Waals surface area (Å²) in [6.07, 6.45) is 11.5. The zero-order chi connectivity index (χ0) is 31.6. The quantitative estimate of drug-likeness (QED) is 0.240. The van der Waals surface area contributed by atoms with Crippen LogP contribution in [-0.4, -0.2) is 44.0 Å². The third-order valence-electron chi connectivity index (χ3n) is 7.97. The highest BCUT2D eigenvalue weighted by molar-refractivity contribution is 6.11. The molecule has 0 aliphatic heterocycles. The van der Waals surface area contributed by atoms with E-state index < -0.39 is 24.1 Å². The molecule has 0 saturated carbocycles. The number of allylic oxidation sites excluding steroid dienone is 1. The summed E-state index contributed by atoms with van der Waals surface area (Å²) in [5.41, 5.74) is 5.57. The second kappa shape index (κ2) is 12.3. The number of anilines is 1. The second-order valence-electron chi connectivity index (χ2n) is 12.2. The average molecular weight is 588 g/mol. The first-order valence-corrected chi connectivity index (χ1v) is 14.6. The first kappa shape index (κ1) is 30.5. The SMILES string of the molecule is C#C/C=C\C1=C(C)C[C@@H](O)[C@H]1NC(=O)C(c1cccnc1)N(C(=O)c1ccc2nc(C)[nH]c2c1)c1ccc(C(C)(C)C)cc1. The number of pyridine rings is 1. The monoisotopic (exact) mass is 587 g/mol. The van der Waals surface area contributed by atoms with Gasteiger partial charge in [-0.25, -0.2) is 4.98 Å². The Morgan fingerprint density at radius 1 is 1.16 bits per heavy atom. The molecule has 0 radical (unpaired) electrons. The number of fused-ring (bicyclic) bond motifs is 1. The molecule has 44 heavy (non-hydrogen) atoms. The molecule has 0 spiro atoms. The van der Waals surface area contributed by atoms with Crippen LogP contribution in [0.3, 0.4) is 0 Å². The highest BCUT2D eigenvalue weighted by Crippen LogP contribution is 2.34. The molecule has 0 saturated heterocycles. The highest BCUT2D eigenvalue weighted by Gasteiger charge is 2.38. The summed E-state index contributed by atoms with van der Waals surface area (Å²) in [6.45, 7) is 10.1. The number of aliphatic hydroxyl groups is 1. The van der Waals surface area contributed by atoms with E-state index in [4.69, 9.17) is 6.42 Å². The van der Waals surface area contributed by atoms with Crippen LogP contribution in [0.5, 0.6) is 0 Å². The van der Waals surface area contributed by atoms with Gasteiger partial charge in [-0.1, -0.05) is 50.5 Å². The van der Waals surface area contributed by atoms with Gasteiger partial charge in [0.25, 0.3) is 5.91 Å². The van der Waals surface area contributed by atoms with Crippen molar-refractivity contribution in [1.29, 1.82) is 0 Å². The number of aromatic amines is 1. The van der Waals surface area contributed by atoms with Gasteiger partial charge in [0, 0.05) is 29.2 Å². The molecule has 8 nitrogen and oxygen atoms in total. The summed E-state index contributed by atoms with van der Waals surface area (Å²) in [5.74, 6) is 2.37.